The van der Waals surface area contributed by atoms with Gasteiger partial charge in [-0.05, 0) is 43.8 Å². The summed E-state index contributed by atoms with van der Waals surface area (Å²) in [6.07, 6.45) is 0. The molecule has 1 fully saturated rings. The van der Waals surface area contributed by atoms with Gasteiger partial charge in [0.2, 0.25) is 0 Å². The summed E-state index contributed by atoms with van der Waals surface area (Å²) in [5.41, 5.74) is 4.45. The lowest BCUT2D eigenvalue weighted by Crippen LogP contribution is -2.48. The third kappa shape index (κ3) is 5.37. The first-order chi connectivity index (χ1) is 16.7. The van der Waals surface area contributed by atoms with E-state index in [-0.39, 0.29) is 0 Å². The van der Waals surface area contributed by atoms with E-state index in [1.807, 2.05) is 24.3 Å². The summed E-state index contributed by atoms with van der Waals surface area (Å²) in [7, 11) is 0. The second-order valence-corrected chi connectivity index (χ2v) is 9.07. The van der Waals surface area contributed by atoms with Crippen molar-refractivity contribution in [2.24, 2.45) is 0 Å². The van der Waals surface area contributed by atoms with Crippen molar-refractivity contribution in [1.29, 1.82) is 0 Å². The Bertz CT molecular complexity index is 1070. The molecule has 2 aliphatic rings. The Morgan fingerprint density at radius 1 is 0.912 bits per heavy atom. The van der Waals surface area contributed by atoms with E-state index in [9.17, 15) is 0 Å². The summed E-state index contributed by atoms with van der Waals surface area (Å²) in [5.74, 6) is 2.44. The number of anilines is 1. The molecule has 0 amide bonds. The number of fused-ring (bicyclic) bond motifs is 1. The molecule has 180 valence electrons. The molecule has 7 heteroatoms. The van der Waals surface area contributed by atoms with Gasteiger partial charge in [0.05, 0.1) is 6.54 Å². The molecule has 0 unspecified atom stereocenters. The van der Waals surface area contributed by atoms with Gasteiger partial charge in [0.1, 0.15) is 18.9 Å². The van der Waals surface area contributed by atoms with Crippen molar-refractivity contribution >= 4 is 5.69 Å². The van der Waals surface area contributed by atoms with E-state index in [2.05, 4.69) is 58.0 Å². The normalized spacial score (nSPS) is 16.3. The number of benzene rings is 2. The molecule has 3 heterocycles. The smallest absolute Gasteiger partial charge is 0.162 e. The quantitative estimate of drug-likeness (QED) is 0.500. The second-order valence-electron chi connectivity index (χ2n) is 9.07. The molecule has 0 radical (unpaired) electrons. The Hall–Kier alpha value is -3.03. The van der Waals surface area contributed by atoms with E-state index in [4.69, 9.17) is 14.0 Å². The maximum Gasteiger partial charge on any atom is 0.162 e. The molecule has 1 aromatic heterocycles. The first-order valence-electron chi connectivity index (χ1n) is 12.3. The van der Waals surface area contributed by atoms with Crippen molar-refractivity contribution in [2.45, 2.75) is 20.4 Å². The van der Waals surface area contributed by atoms with Crippen molar-refractivity contribution in [3.8, 4) is 22.8 Å². The van der Waals surface area contributed by atoms with E-state index >= 15 is 0 Å². The molecule has 2 aromatic carbocycles. The van der Waals surface area contributed by atoms with Gasteiger partial charge in [-0.3, -0.25) is 9.80 Å². The van der Waals surface area contributed by atoms with Crippen LogP contribution >= 0.6 is 0 Å². The summed E-state index contributed by atoms with van der Waals surface area (Å²) in [4.78, 5) is 7.47. The van der Waals surface area contributed by atoms with Crippen LogP contribution in [0.5, 0.6) is 11.5 Å². The minimum atomic E-state index is 0.576. The van der Waals surface area contributed by atoms with Gasteiger partial charge < -0.3 is 18.9 Å². The lowest BCUT2D eigenvalue weighted by Gasteiger charge is -2.37. The predicted molar refractivity (Wildman–Crippen MR) is 134 cm³/mol. The molecule has 0 N–H and O–H groups in total. The fraction of sp³-hybridized carbons (Fsp3) is 0.444. The Balaban J connectivity index is 1.11. The zero-order valence-electron chi connectivity index (χ0n) is 20.2. The lowest BCUT2D eigenvalue weighted by atomic mass is 10.1. The first-order valence-corrected chi connectivity index (χ1v) is 12.3. The number of hydrogen-bond donors (Lipinski definition) is 0. The Labute approximate surface area is 201 Å². The molecule has 34 heavy (non-hydrogen) atoms. The molecule has 2 aliphatic heterocycles. The minimum Gasteiger partial charge on any atom is -0.486 e. The summed E-state index contributed by atoms with van der Waals surface area (Å²) in [5, 5.41) is 4.30. The van der Waals surface area contributed by atoms with Crippen molar-refractivity contribution < 1.29 is 14.0 Å². The highest BCUT2D eigenvalue weighted by atomic mass is 16.6. The Morgan fingerprint density at radius 3 is 2.44 bits per heavy atom. The van der Waals surface area contributed by atoms with E-state index in [1.54, 1.807) is 0 Å². The van der Waals surface area contributed by atoms with Gasteiger partial charge in [-0.15, -0.1) is 0 Å². The van der Waals surface area contributed by atoms with Crippen LogP contribution < -0.4 is 14.4 Å². The summed E-state index contributed by atoms with van der Waals surface area (Å²) < 4.78 is 17.0. The number of piperazine rings is 1. The van der Waals surface area contributed by atoms with Crippen molar-refractivity contribution in [3.05, 3.63) is 59.9 Å². The van der Waals surface area contributed by atoms with Crippen LogP contribution in [-0.2, 0) is 6.54 Å². The minimum absolute atomic E-state index is 0.576. The maximum atomic E-state index is 5.70. The van der Waals surface area contributed by atoms with Crippen LogP contribution in [0.4, 0.5) is 5.69 Å². The van der Waals surface area contributed by atoms with Crippen LogP contribution in [0, 0.1) is 6.92 Å². The molecule has 3 aromatic rings. The highest BCUT2D eigenvalue weighted by Crippen LogP contribution is 2.34. The van der Waals surface area contributed by atoms with Gasteiger partial charge in [-0.25, -0.2) is 0 Å². The second kappa shape index (κ2) is 10.5. The van der Waals surface area contributed by atoms with Gasteiger partial charge in [0, 0.05) is 56.6 Å². The van der Waals surface area contributed by atoms with Crippen LogP contribution in [-0.4, -0.2) is 74.0 Å². The monoisotopic (exact) mass is 462 g/mol. The van der Waals surface area contributed by atoms with Gasteiger partial charge in [0.15, 0.2) is 17.3 Å². The van der Waals surface area contributed by atoms with Crippen LogP contribution in [0.1, 0.15) is 18.2 Å². The van der Waals surface area contributed by atoms with Crippen molar-refractivity contribution in [2.75, 3.05) is 63.9 Å². The van der Waals surface area contributed by atoms with E-state index in [0.717, 1.165) is 80.9 Å². The Morgan fingerprint density at radius 2 is 1.68 bits per heavy atom. The topological polar surface area (TPSA) is 54.2 Å². The standard InChI is InChI=1S/C27H34N4O3/c1-3-29(10-11-30-12-14-31(15-13-30)23-7-4-21(2)5-8-23)20-24-19-25(28-34-24)22-6-9-26-27(18-22)33-17-16-32-26/h4-9,18-19H,3,10-17,20H2,1-2H3. The van der Waals surface area contributed by atoms with Gasteiger partial charge in [-0.2, -0.15) is 0 Å². The van der Waals surface area contributed by atoms with Crippen molar-refractivity contribution in [3.63, 3.8) is 0 Å². The van der Waals surface area contributed by atoms with E-state index in [1.165, 1.54) is 11.3 Å². The molecule has 0 atom stereocenters. The Kier molecular flexibility index (Phi) is 7.02. The SMILES string of the molecule is CCN(CCN1CCN(c2ccc(C)cc2)CC1)Cc1cc(-c2ccc3c(c2)OCCO3)no1. The molecule has 0 spiro atoms. The largest absolute Gasteiger partial charge is 0.486 e. The average molecular weight is 463 g/mol. The number of hydrogen-bond acceptors (Lipinski definition) is 7. The zero-order valence-corrected chi connectivity index (χ0v) is 20.2. The van der Waals surface area contributed by atoms with Gasteiger partial charge in [-0.1, -0.05) is 29.8 Å². The van der Waals surface area contributed by atoms with E-state index < -0.39 is 0 Å². The number of likely N-dealkylation sites (N-methyl/N-ethyl adjacent to an activating group) is 1. The molecular formula is C27H34N4O3. The van der Waals surface area contributed by atoms with Gasteiger partial charge in [0.25, 0.3) is 0 Å². The van der Waals surface area contributed by atoms with Crippen LogP contribution in [0.3, 0.4) is 0 Å². The first kappa shape index (κ1) is 22.7. The number of aromatic nitrogens is 1. The highest BCUT2D eigenvalue weighted by molar-refractivity contribution is 5.64. The molecule has 1 saturated heterocycles. The third-order valence-electron chi connectivity index (χ3n) is 6.73. The summed E-state index contributed by atoms with van der Waals surface area (Å²) >= 11 is 0. The maximum absolute atomic E-state index is 5.70. The van der Waals surface area contributed by atoms with Gasteiger partial charge >= 0.3 is 0 Å². The van der Waals surface area contributed by atoms with Crippen molar-refractivity contribution in [1.82, 2.24) is 15.0 Å². The molecular weight excluding hydrogens is 428 g/mol. The zero-order chi connectivity index (χ0) is 23.3. The van der Waals surface area contributed by atoms with Crippen LogP contribution in [0.15, 0.2) is 53.1 Å². The number of aryl methyl sites for hydroxylation is 1. The predicted octanol–water partition coefficient (Wildman–Crippen LogP) is 4.07. The summed E-state index contributed by atoms with van der Waals surface area (Å²) in [6.45, 7) is 13.7. The highest BCUT2D eigenvalue weighted by Gasteiger charge is 2.19. The van der Waals surface area contributed by atoms with E-state index in [0.29, 0.717) is 13.2 Å². The molecule has 0 bridgehead atoms. The number of nitrogens with zero attached hydrogens (tertiary/aromatic N) is 4. The molecule has 0 saturated carbocycles. The van der Waals surface area contributed by atoms with Crippen LogP contribution in [0.2, 0.25) is 0 Å². The number of rotatable bonds is 8. The molecule has 7 nitrogen and oxygen atoms in total. The fourth-order valence-corrected chi connectivity index (χ4v) is 4.56. The fourth-order valence-electron chi connectivity index (χ4n) is 4.56. The molecule has 5 rings (SSSR count). The third-order valence-corrected chi connectivity index (χ3v) is 6.73. The van der Waals surface area contributed by atoms with Crippen LogP contribution in [0.25, 0.3) is 11.3 Å². The average Bonchev–Trinajstić information content (AvgIpc) is 3.35. The lowest BCUT2D eigenvalue weighted by molar-refractivity contribution is 0.171. The molecule has 0 aliphatic carbocycles. The number of ether oxygens (including phenoxy) is 2. The summed E-state index contributed by atoms with van der Waals surface area (Å²) in [6, 6.07) is 16.8.